The normalized spacial score (nSPS) is 25.1. The molecule has 1 aromatic carbocycles. The highest BCUT2D eigenvalue weighted by Crippen LogP contribution is 2.24. The topological polar surface area (TPSA) is 38.5 Å². The van der Waals surface area contributed by atoms with Crippen molar-refractivity contribution in [1.29, 1.82) is 0 Å². The number of nitrogens with zero attached hydrogens (tertiary/aromatic N) is 1. The molecule has 1 saturated heterocycles. The van der Waals surface area contributed by atoms with E-state index >= 15 is 0 Å². The largest absolute Gasteiger partial charge is 0.497 e. The predicted octanol–water partition coefficient (Wildman–Crippen LogP) is 2.25. The number of nitrogens with two attached hydrogens (primary N) is 1. The second-order valence-corrected chi connectivity index (χ2v) is 5.24. The van der Waals surface area contributed by atoms with Crippen molar-refractivity contribution in [2.45, 2.75) is 32.4 Å². The lowest BCUT2D eigenvalue weighted by atomic mass is 9.90. The third kappa shape index (κ3) is 3.03. The molecule has 0 aromatic heterocycles. The molecule has 2 atom stereocenters. The van der Waals surface area contributed by atoms with Gasteiger partial charge >= 0.3 is 0 Å². The van der Waals surface area contributed by atoms with Gasteiger partial charge in [-0.3, -0.25) is 4.90 Å². The van der Waals surface area contributed by atoms with Crippen LogP contribution in [-0.4, -0.2) is 31.1 Å². The molecule has 0 bridgehead atoms. The number of piperidine rings is 1. The highest BCUT2D eigenvalue weighted by Gasteiger charge is 2.26. The molecule has 0 saturated carbocycles. The third-order valence-electron chi connectivity index (χ3n) is 4.02. The number of likely N-dealkylation sites (tertiary alicyclic amines) is 1. The fourth-order valence-corrected chi connectivity index (χ4v) is 2.88. The maximum Gasteiger partial charge on any atom is 0.118 e. The first-order chi connectivity index (χ1) is 8.74. The monoisotopic (exact) mass is 248 g/mol. The summed E-state index contributed by atoms with van der Waals surface area (Å²) in [7, 11) is 1.70. The van der Waals surface area contributed by atoms with Crippen molar-refractivity contribution in [3.05, 3.63) is 29.8 Å². The van der Waals surface area contributed by atoms with Gasteiger partial charge in [-0.1, -0.05) is 19.1 Å². The van der Waals surface area contributed by atoms with Crippen molar-refractivity contribution < 1.29 is 4.74 Å². The van der Waals surface area contributed by atoms with Crippen molar-refractivity contribution >= 4 is 0 Å². The molecule has 2 rings (SSSR count). The number of benzene rings is 1. The Bertz CT molecular complexity index is 363. The summed E-state index contributed by atoms with van der Waals surface area (Å²) in [6.45, 7) is 5.24. The Morgan fingerprint density at radius 1 is 1.33 bits per heavy atom. The molecule has 3 heteroatoms. The van der Waals surface area contributed by atoms with E-state index in [-0.39, 0.29) is 0 Å². The molecular weight excluding hydrogens is 224 g/mol. The summed E-state index contributed by atoms with van der Waals surface area (Å²) >= 11 is 0. The van der Waals surface area contributed by atoms with Crippen LogP contribution in [0.5, 0.6) is 5.75 Å². The Hall–Kier alpha value is -1.06. The van der Waals surface area contributed by atoms with Crippen LogP contribution in [0.25, 0.3) is 0 Å². The molecule has 3 nitrogen and oxygen atoms in total. The second-order valence-electron chi connectivity index (χ2n) is 5.24. The first-order valence-electron chi connectivity index (χ1n) is 6.81. The maximum absolute atomic E-state index is 5.92. The van der Waals surface area contributed by atoms with Crippen molar-refractivity contribution in [2.75, 3.05) is 20.2 Å². The molecule has 1 unspecified atom stereocenters. The van der Waals surface area contributed by atoms with Crippen LogP contribution in [0.15, 0.2) is 24.3 Å². The van der Waals surface area contributed by atoms with Crippen molar-refractivity contribution in [1.82, 2.24) is 4.90 Å². The standard InChI is InChI=1S/C15H24N2O/c1-12-4-3-9-17(15(12)10-16)11-13-5-7-14(18-2)8-6-13/h5-8,12,15H,3-4,9-11,16H2,1-2H3/t12-,15?/m1/s1. The smallest absolute Gasteiger partial charge is 0.118 e. The Morgan fingerprint density at radius 3 is 2.67 bits per heavy atom. The fraction of sp³-hybridized carbons (Fsp3) is 0.600. The van der Waals surface area contributed by atoms with Crippen LogP contribution in [-0.2, 0) is 6.54 Å². The van der Waals surface area contributed by atoms with Gasteiger partial charge in [-0.15, -0.1) is 0 Å². The molecule has 0 amide bonds. The molecule has 1 aliphatic heterocycles. The van der Waals surface area contributed by atoms with Gasteiger partial charge in [0.15, 0.2) is 0 Å². The minimum Gasteiger partial charge on any atom is -0.497 e. The Balaban J connectivity index is 2.02. The number of hydrogen-bond donors (Lipinski definition) is 1. The SMILES string of the molecule is COc1ccc(CN2CCC[C@@H](C)C2CN)cc1. The fourth-order valence-electron chi connectivity index (χ4n) is 2.88. The average Bonchev–Trinajstić information content (AvgIpc) is 2.40. The zero-order valence-corrected chi connectivity index (χ0v) is 11.4. The molecule has 100 valence electrons. The lowest BCUT2D eigenvalue weighted by molar-refractivity contribution is 0.0991. The van der Waals surface area contributed by atoms with Crippen molar-refractivity contribution in [3.8, 4) is 5.75 Å². The second kappa shape index (κ2) is 6.21. The first-order valence-corrected chi connectivity index (χ1v) is 6.81. The lowest BCUT2D eigenvalue weighted by Gasteiger charge is -2.39. The van der Waals surface area contributed by atoms with Crippen LogP contribution >= 0.6 is 0 Å². The van der Waals surface area contributed by atoms with E-state index in [2.05, 4.69) is 24.0 Å². The molecular formula is C15H24N2O. The van der Waals surface area contributed by atoms with E-state index in [0.29, 0.717) is 12.0 Å². The molecule has 0 aliphatic carbocycles. The highest BCUT2D eigenvalue weighted by atomic mass is 16.5. The van der Waals surface area contributed by atoms with Crippen LogP contribution < -0.4 is 10.5 Å². The van der Waals surface area contributed by atoms with Crippen LogP contribution in [0.4, 0.5) is 0 Å². The third-order valence-corrected chi connectivity index (χ3v) is 4.02. The summed E-state index contributed by atoms with van der Waals surface area (Å²) in [5.41, 5.74) is 7.26. The van der Waals surface area contributed by atoms with Crippen molar-refractivity contribution in [2.24, 2.45) is 11.7 Å². The zero-order chi connectivity index (χ0) is 13.0. The maximum atomic E-state index is 5.92. The predicted molar refractivity (Wildman–Crippen MR) is 74.6 cm³/mol. The number of hydrogen-bond acceptors (Lipinski definition) is 3. The highest BCUT2D eigenvalue weighted by molar-refractivity contribution is 5.27. The zero-order valence-electron chi connectivity index (χ0n) is 11.4. The number of ether oxygens (including phenoxy) is 1. The molecule has 1 fully saturated rings. The molecule has 1 aromatic rings. The lowest BCUT2D eigenvalue weighted by Crippen LogP contribution is -2.47. The van der Waals surface area contributed by atoms with E-state index in [1.165, 1.54) is 18.4 Å². The van der Waals surface area contributed by atoms with Gasteiger partial charge in [-0.2, -0.15) is 0 Å². The molecule has 18 heavy (non-hydrogen) atoms. The minimum atomic E-state index is 0.529. The average molecular weight is 248 g/mol. The summed E-state index contributed by atoms with van der Waals surface area (Å²) < 4.78 is 5.18. The first kappa shape index (κ1) is 13.4. The summed E-state index contributed by atoms with van der Waals surface area (Å²) in [6, 6.07) is 8.87. The van der Waals surface area contributed by atoms with E-state index in [1.54, 1.807) is 7.11 Å². The molecule has 1 aliphatic rings. The summed E-state index contributed by atoms with van der Waals surface area (Å²) in [5.74, 6) is 1.63. The van der Waals surface area contributed by atoms with Crippen LogP contribution in [0.1, 0.15) is 25.3 Å². The van der Waals surface area contributed by atoms with E-state index in [9.17, 15) is 0 Å². The number of methoxy groups -OCH3 is 1. The van der Waals surface area contributed by atoms with Gasteiger partial charge in [0.25, 0.3) is 0 Å². The van der Waals surface area contributed by atoms with Gasteiger partial charge in [-0.25, -0.2) is 0 Å². The quantitative estimate of drug-likeness (QED) is 0.888. The molecule has 0 radical (unpaired) electrons. The summed E-state index contributed by atoms with van der Waals surface area (Å²) in [6.07, 6.45) is 2.59. The summed E-state index contributed by atoms with van der Waals surface area (Å²) in [4.78, 5) is 2.52. The van der Waals surface area contributed by atoms with Gasteiger partial charge in [-0.05, 0) is 43.0 Å². The van der Waals surface area contributed by atoms with Crippen LogP contribution in [0.2, 0.25) is 0 Å². The molecule has 0 spiro atoms. The summed E-state index contributed by atoms with van der Waals surface area (Å²) in [5, 5.41) is 0. The molecule has 2 N–H and O–H groups in total. The van der Waals surface area contributed by atoms with Gasteiger partial charge in [0.1, 0.15) is 5.75 Å². The van der Waals surface area contributed by atoms with E-state index in [1.807, 2.05) is 12.1 Å². The van der Waals surface area contributed by atoms with Crippen LogP contribution in [0.3, 0.4) is 0 Å². The Morgan fingerprint density at radius 2 is 2.06 bits per heavy atom. The van der Waals surface area contributed by atoms with Gasteiger partial charge < -0.3 is 10.5 Å². The van der Waals surface area contributed by atoms with Gasteiger partial charge in [0.05, 0.1) is 7.11 Å². The van der Waals surface area contributed by atoms with Gasteiger partial charge in [0.2, 0.25) is 0 Å². The Kier molecular flexibility index (Phi) is 4.61. The van der Waals surface area contributed by atoms with Gasteiger partial charge in [0, 0.05) is 19.1 Å². The Labute approximate surface area is 110 Å². The van der Waals surface area contributed by atoms with E-state index in [0.717, 1.165) is 25.4 Å². The van der Waals surface area contributed by atoms with E-state index < -0.39 is 0 Å². The van der Waals surface area contributed by atoms with Crippen molar-refractivity contribution in [3.63, 3.8) is 0 Å². The van der Waals surface area contributed by atoms with E-state index in [4.69, 9.17) is 10.5 Å². The minimum absolute atomic E-state index is 0.529. The van der Waals surface area contributed by atoms with Crippen LogP contribution in [0, 0.1) is 5.92 Å². The molecule has 1 heterocycles. The number of rotatable bonds is 4.